The van der Waals surface area contributed by atoms with Gasteiger partial charge >= 0.3 is 0 Å². The van der Waals surface area contributed by atoms with Crippen LogP contribution in [-0.2, 0) is 0 Å². The lowest BCUT2D eigenvalue weighted by molar-refractivity contribution is 0.0974. The van der Waals surface area contributed by atoms with E-state index in [0.29, 0.717) is 5.75 Å². The van der Waals surface area contributed by atoms with Gasteiger partial charge in [-0.3, -0.25) is 4.99 Å². The van der Waals surface area contributed by atoms with Gasteiger partial charge < -0.3 is 26.2 Å². The standard InChI is InChI=1S/C15H20N2O2.C3H7N3/c1-10(17-6-4-11(18)5-7-17)14-9-16-15-3-2-12(19)8-13(14)15;1-5-3(4)6-2/h2-3,8,11,16,18-19H,4-7,9H2,1H3;1H2,2H3,(H2,4,6)/b14-10-;. The molecule has 0 radical (unpaired) electrons. The number of hydrogen-bond donors (Lipinski definition) is 4. The van der Waals surface area contributed by atoms with Gasteiger partial charge in [-0.05, 0) is 50.3 Å². The van der Waals surface area contributed by atoms with E-state index in [4.69, 9.17) is 5.73 Å². The molecule has 7 nitrogen and oxygen atoms in total. The second-order valence-corrected chi connectivity index (χ2v) is 6.11. The van der Waals surface area contributed by atoms with E-state index in [9.17, 15) is 10.2 Å². The fraction of sp³-hybridized carbons (Fsp3) is 0.444. The third-order valence-electron chi connectivity index (χ3n) is 4.55. The van der Waals surface area contributed by atoms with Gasteiger partial charge in [0.25, 0.3) is 0 Å². The molecule has 0 spiro atoms. The summed E-state index contributed by atoms with van der Waals surface area (Å²) in [5.41, 5.74) is 9.69. The number of aromatic hydroxyl groups is 1. The number of fused-ring (bicyclic) bond motifs is 1. The maximum atomic E-state index is 9.64. The van der Waals surface area contributed by atoms with Gasteiger partial charge in [0.2, 0.25) is 5.96 Å². The van der Waals surface area contributed by atoms with E-state index < -0.39 is 0 Å². The number of piperidine rings is 1. The molecule has 0 aromatic heterocycles. The molecule has 1 aromatic carbocycles. The Bertz CT molecular complexity index is 676. The first-order valence-corrected chi connectivity index (χ1v) is 8.35. The van der Waals surface area contributed by atoms with Gasteiger partial charge in [-0.15, -0.1) is 0 Å². The fourth-order valence-corrected chi connectivity index (χ4v) is 3.00. The van der Waals surface area contributed by atoms with Crippen LogP contribution in [0, 0.1) is 0 Å². The lowest BCUT2D eigenvalue weighted by atomic mass is 10.0. The molecule has 1 aromatic rings. The summed E-state index contributed by atoms with van der Waals surface area (Å²) in [6, 6.07) is 5.46. The van der Waals surface area contributed by atoms with E-state index in [1.807, 2.05) is 12.1 Å². The molecule has 3 rings (SSSR count). The maximum Gasteiger partial charge on any atom is 0.214 e. The van der Waals surface area contributed by atoms with Gasteiger partial charge in [0.05, 0.1) is 6.10 Å². The van der Waals surface area contributed by atoms with Crippen molar-refractivity contribution in [3.8, 4) is 5.75 Å². The number of anilines is 1. The quantitative estimate of drug-likeness (QED) is 0.352. The van der Waals surface area contributed by atoms with Crippen LogP contribution in [0.3, 0.4) is 0 Å². The number of allylic oxidation sites excluding steroid dienone is 1. The van der Waals surface area contributed by atoms with Crippen LogP contribution in [0.2, 0.25) is 0 Å². The van der Waals surface area contributed by atoms with Gasteiger partial charge in [0.1, 0.15) is 5.75 Å². The third-order valence-corrected chi connectivity index (χ3v) is 4.55. The van der Waals surface area contributed by atoms with E-state index in [-0.39, 0.29) is 12.1 Å². The highest BCUT2D eigenvalue weighted by Gasteiger charge is 2.23. The molecule has 1 fully saturated rings. The molecule has 0 atom stereocenters. The normalized spacial score (nSPS) is 19.5. The summed E-state index contributed by atoms with van der Waals surface area (Å²) < 4.78 is 0. The van der Waals surface area contributed by atoms with Crippen molar-refractivity contribution in [2.75, 3.05) is 32.0 Å². The number of aliphatic hydroxyl groups excluding tert-OH is 1. The number of hydrogen-bond acceptors (Lipinski definition) is 5. The Hall–Kier alpha value is -2.54. The van der Waals surface area contributed by atoms with Crippen LogP contribution in [0.4, 0.5) is 5.69 Å². The first-order valence-electron chi connectivity index (χ1n) is 8.35. The zero-order chi connectivity index (χ0) is 18.4. The Kier molecular flexibility index (Phi) is 6.41. The SMILES string of the molecule is C/C(=C1\CNc2ccc(O)cc21)N1CCC(O)CC1.C=NC(N)=NC. The van der Waals surface area contributed by atoms with Crippen molar-refractivity contribution in [1.29, 1.82) is 0 Å². The fourth-order valence-electron chi connectivity index (χ4n) is 3.00. The molecule has 7 heteroatoms. The summed E-state index contributed by atoms with van der Waals surface area (Å²) in [6.07, 6.45) is 1.53. The maximum absolute atomic E-state index is 9.64. The lowest BCUT2D eigenvalue weighted by Crippen LogP contribution is -2.35. The molecule has 0 amide bonds. The van der Waals surface area contributed by atoms with Crippen LogP contribution >= 0.6 is 0 Å². The molecule has 136 valence electrons. The number of nitrogens with two attached hydrogens (primary N) is 1. The number of likely N-dealkylation sites (tertiary alicyclic amines) is 1. The van der Waals surface area contributed by atoms with Crippen molar-refractivity contribution in [2.45, 2.75) is 25.9 Å². The minimum Gasteiger partial charge on any atom is -0.508 e. The Labute approximate surface area is 148 Å². The Balaban J connectivity index is 0.000000326. The first kappa shape index (κ1) is 18.8. The van der Waals surface area contributed by atoms with E-state index >= 15 is 0 Å². The smallest absolute Gasteiger partial charge is 0.214 e. The second-order valence-electron chi connectivity index (χ2n) is 6.11. The summed E-state index contributed by atoms with van der Waals surface area (Å²) in [4.78, 5) is 9.09. The number of aliphatic hydroxyl groups is 1. The van der Waals surface area contributed by atoms with Crippen molar-refractivity contribution in [3.63, 3.8) is 0 Å². The molecule has 1 saturated heterocycles. The highest BCUT2D eigenvalue weighted by atomic mass is 16.3. The minimum atomic E-state index is -0.146. The van der Waals surface area contributed by atoms with E-state index in [1.54, 1.807) is 13.1 Å². The second kappa shape index (κ2) is 8.53. The minimum absolute atomic E-state index is 0.146. The van der Waals surface area contributed by atoms with Crippen LogP contribution in [0.1, 0.15) is 25.3 Å². The largest absolute Gasteiger partial charge is 0.508 e. The number of rotatable bonds is 1. The van der Waals surface area contributed by atoms with Gasteiger partial charge in [-0.1, -0.05) is 0 Å². The zero-order valence-corrected chi connectivity index (χ0v) is 14.9. The predicted molar refractivity (Wildman–Crippen MR) is 103 cm³/mol. The molecule has 0 unspecified atom stereocenters. The van der Waals surface area contributed by atoms with Crippen LogP contribution in [0.5, 0.6) is 5.75 Å². The molecule has 0 bridgehead atoms. The summed E-state index contributed by atoms with van der Waals surface area (Å²) in [7, 11) is 1.56. The highest BCUT2D eigenvalue weighted by molar-refractivity contribution is 5.86. The number of nitrogens with zero attached hydrogens (tertiary/aromatic N) is 3. The predicted octanol–water partition coefficient (Wildman–Crippen LogP) is 1.64. The van der Waals surface area contributed by atoms with Crippen molar-refractivity contribution in [2.24, 2.45) is 15.7 Å². The molecule has 5 N–H and O–H groups in total. The summed E-state index contributed by atoms with van der Waals surface area (Å²) in [5, 5.41) is 22.6. The molecule has 2 aliphatic rings. The third kappa shape index (κ3) is 4.73. The van der Waals surface area contributed by atoms with E-state index in [2.05, 4.69) is 33.8 Å². The molecule has 2 heterocycles. The van der Waals surface area contributed by atoms with Gasteiger partial charge in [-0.25, -0.2) is 4.99 Å². The molecule has 2 aliphatic heterocycles. The van der Waals surface area contributed by atoms with Crippen molar-refractivity contribution in [3.05, 3.63) is 29.5 Å². The summed E-state index contributed by atoms with van der Waals surface area (Å²) >= 11 is 0. The molecule has 0 saturated carbocycles. The number of aliphatic imine (C=N–C) groups is 2. The summed E-state index contributed by atoms with van der Waals surface area (Å²) in [6.45, 7) is 7.88. The number of phenolic OH excluding ortho intramolecular Hbond substituents is 1. The number of benzene rings is 1. The van der Waals surface area contributed by atoms with Crippen molar-refractivity contribution in [1.82, 2.24) is 4.90 Å². The molecule has 25 heavy (non-hydrogen) atoms. The highest BCUT2D eigenvalue weighted by Crippen LogP contribution is 2.36. The van der Waals surface area contributed by atoms with Crippen LogP contribution < -0.4 is 11.1 Å². The van der Waals surface area contributed by atoms with Crippen LogP contribution in [0.15, 0.2) is 33.9 Å². The van der Waals surface area contributed by atoms with Crippen LogP contribution in [0.25, 0.3) is 5.57 Å². The summed E-state index contributed by atoms with van der Waals surface area (Å²) in [5.74, 6) is 0.539. The first-order chi connectivity index (χ1) is 12.0. The number of nitrogens with one attached hydrogen (secondary N) is 1. The van der Waals surface area contributed by atoms with Crippen molar-refractivity contribution >= 4 is 23.9 Å². The average molecular weight is 345 g/mol. The average Bonchev–Trinajstić information content (AvgIpc) is 3.04. The van der Waals surface area contributed by atoms with E-state index in [1.165, 1.54) is 11.3 Å². The van der Waals surface area contributed by atoms with E-state index in [0.717, 1.165) is 43.7 Å². The molecular weight excluding hydrogens is 318 g/mol. The monoisotopic (exact) mass is 345 g/mol. The Morgan fingerprint density at radius 1 is 1.36 bits per heavy atom. The number of guanidine groups is 1. The Morgan fingerprint density at radius 3 is 2.60 bits per heavy atom. The topological polar surface area (TPSA) is 106 Å². The van der Waals surface area contributed by atoms with Gasteiger partial charge in [-0.2, -0.15) is 0 Å². The Morgan fingerprint density at radius 2 is 2.04 bits per heavy atom. The van der Waals surface area contributed by atoms with Crippen LogP contribution in [-0.4, -0.2) is 60.6 Å². The molecule has 0 aliphatic carbocycles. The molecular formula is C18H27N5O2. The number of phenols is 1. The lowest BCUT2D eigenvalue weighted by Gasteiger charge is -2.33. The van der Waals surface area contributed by atoms with Gasteiger partial charge in [0, 0.05) is 43.6 Å². The zero-order valence-electron chi connectivity index (χ0n) is 14.9. The van der Waals surface area contributed by atoms with Gasteiger partial charge in [0.15, 0.2) is 0 Å². The van der Waals surface area contributed by atoms with Crippen molar-refractivity contribution < 1.29 is 10.2 Å².